The summed E-state index contributed by atoms with van der Waals surface area (Å²) in [7, 11) is -2.80. The van der Waals surface area contributed by atoms with E-state index in [4.69, 9.17) is 4.52 Å². The van der Waals surface area contributed by atoms with Crippen LogP contribution in [-0.4, -0.2) is 12.3 Å². The highest BCUT2D eigenvalue weighted by Gasteiger charge is 2.37. The van der Waals surface area contributed by atoms with Gasteiger partial charge in [-0.05, 0) is 49.1 Å². The largest absolute Gasteiger partial charge is 0.322 e. The third-order valence-electron chi connectivity index (χ3n) is 6.22. The van der Waals surface area contributed by atoms with Gasteiger partial charge in [-0.25, -0.2) is 0 Å². The van der Waals surface area contributed by atoms with Crippen molar-refractivity contribution in [2.75, 3.05) is 6.16 Å². The summed E-state index contributed by atoms with van der Waals surface area (Å²) in [6.07, 6.45) is 11.6. The van der Waals surface area contributed by atoms with Gasteiger partial charge in [0.1, 0.15) is 0 Å². The SMILES string of the molecule is CCCCCCCCP(=O)(O[C@@H]1C[C@H](C)CC[C@H]1C(C)C)c1ccccc1. The molecule has 2 rings (SSSR count). The molecule has 4 atom stereocenters. The van der Waals surface area contributed by atoms with Crippen molar-refractivity contribution < 1.29 is 9.09 Å². The number of unbranched alkanes of at least 4 members (excludes halogenated alkanes) is 5. The molecule has 1 fully saturated rings. The Morgan fingerprint density at radius 2 is 1.70 bits per heavy atom. The molecule has 0 heterocycles. The minimum Gasteiger partial charge on any atom is -0.322 e. The van der Waals surface area contributed by atoms with Crippen molar-refractivity contribution in [1.29, 1.82) is 0 Å². The first-order valence-electron chi connectivity index (χ1n) is 11.3. The van der Waals surface area contributed by atoms with Crippen LogP contribution in [-0.2, 0) is 9.09 Å². The Kier molecular flexibility index (Phi) is 9.60. The van der Waals surface area contributed by atoms with Crippen LogP contribution in [0.3, 0.4) is 0 Å². The van der Waals surface area contributed by atoms with Crippen molar-refractivity contribution in [3.8, 4) is 0 Å². The van der Waals surface area contributed by atoms with Crippen molar-refractivity contribution in [2.45, 2.75) is 91.6 Å². The minimum absolute atomic E-state index is 0.139. The van der Waals surface area contributed by atoms with Gasteiger partial charge in [0.15, 0.2) is 0 Å². The summed E-state index contributed by atoms with van der Waals surface area (Å²) in [5.41, 5.74) is 0. The fraction of sp³-hybridized carbons (Fsp3) is 0.750. The Morgan fingerprint density at radius 3 is 2.37 bits per heavy atom. The Morgan fingerprint density at radius 1 is 1.04 bits per heavy atom. The fourth-order valence-corrected chi connectivity index (χ4v) is 6.88. The molecule has 1 aliphatic carbocycles. The van der Waals surface area contributed by atoms with E-state index in [1.54, 1.807) is 0 Å². The van der Waals surface area contributed by atoms with Crippen LogP contribution in [0, 0.1) is 17.8 Å². The van der Waals surface area contributed by atoms with E-state index in [0.29, 0.717) is 23.9 Å². The van der Waals surface area contributed by atoms with Gasteiger partial charge in [0.05, 0.1) is 6.10 Å². The molecule has 0 radical (unpaired) electrons. The zero-order chi connectivity index (χ0) is 19.7. The Labute approximate surface area is 167 Å². The van der Waals surface area contributed by atoms with Gasteiger partial charge < -0.3 is 4.52 Å². The first-order chi connectivity index (χ1) is 13.0. The molecule has 0 N–H and O–H groups in total. The molecule has 0 bridgehead atoms. The molecule has 0 saturated heterocycles. The van der Waals surface area contributed by atoms with Crippen molar-refractivity contribution in [2.24, 2.45) is 17.8 Å². The number of rotatable bonds is 11. The van der Waals surface area contributed by atoms with Crippen LogP contribution in [0.15, 0.2) is 30.3 Å². The molecular weight excluding hydrogens is 351 g/mol. The third kappa shape index (κ3) is 7.06. The quantitative estimate of drug-likeness (QED) is 0.289. The summed E-state index contributed by atoms with van der Waals surface area (Å²) in [4.78, 5) is 0. The van der Waals surface area contributed by atoms with Crippen molar-refractivity contribution in [3.63, 3.8) is 0 Å². The molecule has 1 aromatic rings. The lowest BCUT2D eigenvalue weighted by Crippen LogP contribution is -2.34. The maximum absolute atomic E-state index is 14.0. The molecule has 2 nitrogen and oxygen atoms in total. The predicted molar refractivity (Wildman–Crippen MR) is 118 cm³/mol. The molecule has 154 valence electrons. The highest BCUT2D eigenvalue weighted by Crippen LogP contribution is 2.51. The van der Waals surface area contributed by atoms with E-state index in [2.05, 4.69) is 27.7 Å². The summed E-state index contributed by atoms with van der Waals surface area (Å²) >= 11 is 0. The van der Waals surface area contributed by atoms with Crippen LogP contribution < -0.4 is 5.30 Å². The van der Waals surface area contributed by atoms with E-state index >= 15 is 0 Å². The smallest absolute Gasteiger partial charge is 0.232 e. The lowest BCUT2D eigenvalue weighted by atomic mass is 9.75. The maximum atomic E-state index is 14.0. The minimum atomic E-state index is -2.80. The molecule has 27 heavy (non-hydrogen) atoms. The third-order valence-corrected chi connectivity index (χ3v) is 8.82. The summed E-state index contributed by atoms with van der Waals surface area (Å²) in [5, 5.41) is 0.916. The van der Waals surface area contributed by atoms with Gasteiger partial charge in [-0.15, -0.1) is 0 Å². The molecule has 0 aliphatic heterocycles. The van der Waals surface area contributed by atoms with Crippen LogP contribution in [0.5, 0.6) is 0 Å². The number of benzene rings is 1. The zero-order valence-corrected chi connectivity index (χ0v) is 18.9. The summed E-state index contributed by atoms with van der Waals surface area (Å²) in [5.74, 6) is 1.78. The van der Waals surface area contributed by atoms with Gasteiger partial charge in [-0.3, -0.25) is 4.57 Å². The molecule has 1 unspecified atom stereocenters. The van der Waals surface area contributed by atoms with Crippen LogP contribution >= 0.6 is 7.37 Å². The van der Waals surface area contributed by atoms with Gasteiger partial charge in [0, 0.05) is 11.5 Å². The van der Waals surface area contributed by atoms with E-state index < -0.39 is 7.37 Å². The molecule has 1 aromatic carbocycles. The van der Waals surface area contributed by atoms with E-state index in [9.17, 15) is 4.57 Å². The van der Waals surface area contributed by atoms with Gasteiger partial charge in [0.25, 0.3) is 0 Å². The second kappa shape index (κ2) is 11.4. The summed E-state index contributed by atoms with van der Waals surface area (Å²) in [6.45, 7) is 9.14. The van der Waals surface area contributed by atoms with Crippen molar-refractivity contribution >= 4 is 12.7 Å². The number of hydrogen-bond donors (Lipinski definition) is 0. The van der Waals surface area contributed by atoms with Gasteiger partial charge in [-0.1, -0.05) is 84.4 Å². The fourth-order valence-electron chi connectivity index (χ4n) is 4.45. The van der Waals surface area contributed by atoms with Gasteiger partial charge in [0.2, 0.25) is 7.37 Å². The van der Waals surface area contributed by atoms with E-state index in [1.807, 2.05) is 30.3 Å². The lowest BCUT2D eigenvalue weighted by Gasteiger charge is -2.39. The number of hydrogen-bond acceptors (Lipinski definition) is 2. The molecular formula is C24H41O2P. The second-order valence-corrected chi connectivity index (χ2v) is 11.5. The average Bonchev–Trinajstić information content (AvgIpc) is 2.65. The maximum Gasteiger partial charge on any atom is 0.232 e. The van der Waals surface area contributed by atoms with Gasteiger partial charge in [-0.2, -0.15) is 0 Å². The topological polar surface area (TPSA) is 26.3 Å². The van der Waals surface area contributed by atoms with Crippen LogP contribution in [0.2, 0.25) is 0 Å². The highest BCUT2D eigenvalue weighted by molar-refractivity contribution is 7.67. The van der Waals surface area contributed by atoms with Crippen LogP contribution in [0.1, 0.15) is 85.5 Å². The molecule has 0 spiro atoms. The predicted octanol–water partition coefficient (Wildman–Crippen LogP) is 7.43. The zero-order valence-electron chi connectivity index (χ0n) is 18.0. The Bertz CT molecular complexity index is 569. The van der Waals surface area contributed by atoms with Crippen molar-refractivity contribution in [3.05, 3.63) is 30.3 Å². The van der Waals surface area contributed by atoms with Gasteiger partial charge >= 0.3 is 0 Å². The van der Waals surface area contributed by atoms with E-state index in [-0.39, 0.29) is 6.10 Å². The lowest BCUT2D eigenvalue weighted by molar-refractivity contribution is 0.0498. The molecule has 1 saturated carbocycles. The normalized spacial score (nSPS) is 25.4. The summed E-state index contributed by atoms with van der Waals surface area (Å²) in [6, 6.07) is 10.0. The summed E-state index contributed by atoms with van der Waals surface area (Å²) < 4.78 is 20.6. The molecule has 0 aromatic heterocycles. The first-order valence-corrected chi connectivity index (χ1v) is 13.1. The first kappa shape index (κ1) is 22.7. The van der Waals surface area contributed by atoms with Crippen molar-refractivity contribution in [1.82, 2.24) is 0 Å². The molecule has 3 heteroatoms. The molecule has 1 aliphatic rings. The Balaban J connectivity index is 2.08. The molecule has 0 amide bonds. The second-order valence-electron chi connectivity index (χ2n) is 8.97. The highest BCUT2D eigenvalue weighted by atomic mass is 31.2. The Hall–Kier alpha value is -0.590. The van der Waals surface area contributed by atoms with E-state index in [1.165, 1.54) is 38.5 Å². The van der Waals surface area contributed by atoms with E-state index in [0.717, 1.165) is 24.6 Å². The van der Waals surface area contributed by atoms with Crippen LogP contribution in [0.4, 0.5) is 0 Å². The van der Waals surface area contributed by atoms with Crippen LogP contribution in [0.25, 0.3) is 0 Å². The standard InChI is InChI=1S/C24H41O2P/c1-5-6-7-8-9-13-18-27(25,22-14-11-10-12-15-22)26-24-19-21(4)16-17-23(24)20(2)3/h10-12,14-15,20-21,23-24H,5-9,13,16-19H2,1-4H3/t21-,23+,24-,27?/m1/s1. The monoisotopic (exact) mass is 392 g/mol. The average molecular weight is 393 g/mol.